The number of rotatable bonds is 0. The van der Waals surface area contributed by atoms with Crippen LogP contribution in [0.1, 0.15) is 0 Å². The van der Waals surface area contributed by atoms with E-state index in [1.54, 1.807) is 0 Å². The van der Waals surface area contributed by atoms with E-state index < -0.39 is 0 Å². The van der Waals surface area contributed by atoms with Gasteiger partial charge in [-0.25, -0.2) is 0 Å². The van der Waals surface area contributed by atoms with E-state index in [-0.39, 0.29) is 0 Å². The minimum atomic E-state index is 0.582. The minimum absolute atomic E-state index is 0.582. The van der Waals surface area contributed by atoms with Crippen molar-refractivity contribution in [3.05, 3.63) is 33.7 Å². The molecular weight excluding hydrogens is 255 g/mol. The van der Waals surface area contributed by atoms with Crippen LogP contribution in [0, 0.1) is 0 Å². The van der Waals surface area contributed by atoms with Gasteiger partial charge in [-0.15, -0.1) is 0 Å². The average molecular weight is 260 g/mol. The van der Waals surface area contributed by atoms with E-state index in [4.69, 9.17) is 0 Å². The molecule has 10 heavy (non-hydrogen) atoms. The van der Waals surface area contributed by atoms with Crippen LogP contribution in [0.5, 0.6) is 0 Å². The molecule has 0 N–H and O–H groups in total. The summed E-state index contributed by atoms with van der Waals surface area (Å²) in [4.78, 5) is 2.25. The molecule has 50 valence electrons. The van der Waals surface area contributed by atoms with E-state index in [1.165, 1.54) is 14.1 Å². The molecule has 0 radical (unpaired) electrons. The fourth-order valence-electron chi connectivity index (χ4n) is 0.957. The molecule has 2 aromatic rings. The third-order valence-corrected chi connectivity index (χ3v) is 3.98. The van der Waals surface area contributed by atoms with Crippen molar-refractivity contribution >= 4 is 40.1 Å². The van der Waals surface area contributed by atoms with Crippen LogP contribution >= 0.6 is 15.9 Å². The number of benzene rings is 1. The summed E-state index contributed by atoms with van der Waals surface area (Å²) in [6, 6.07) is 8.57. The quantitative estimate of drug-likeness (QED) is 0.639. The maximum absolute atomic E-state index is 3.51. The van der Waals surface area contributed by atoms with Gasteiger partial charge in [-0.3, -0.25) is 0 Å². The molecule has 0 spiro atoms. The zero-order valence-corrected chi connectivity index (χ0v) is 8.47. The van der Waals surface area contributed by atoms with Gasteiger partial charge in [0.05, 0.1) is 0 Å². The van der Waals surface area contributed by atoms with Gasteiger partial charge >= 0.3 is 73.8 Å². The predicted molar refractivity (Wildman–Crippen MR) is 48.6 cm³/mol. The Hall–Kier alpha value is -0.0405. The molecule has 1 aromatic carbocycles. The molecule has 0 aliphatic carbocycles. The van der Waals surface area contributed by atoms with Crippen molar-refractivity contribution in [3.8, 4) is 0 Å². The van der Waals surface area contributed by atoms with Crippen LogP contribution in [0.2, 0.25) is 0 Å². The molecule has 1 aromatic heterocycles. The number of hydrogen-bond donors (Lipinski definition) is 0. The third kappa shape index (κ3) is 0.968. The SMILES string of the molecule is Brc1cccc2[se]ccc12. The van der Waals surface area contributed by atoms with Crippen molar-refractivity contribution < 1.29 is 0 Å². The molecule has 0 unspecified atom stereocenters. The Morgan fingerprint density at radius 3 is 2.90 bits per heavy atom. The van der Waals surface area contributed by atoms with E-state index in [2.05, 4.69) is 45.1 Å². The first-order valence-electron chi connectivity index (χ1n) is 2.99. The zero-order valence-electron chi connectivity index (χ0n) is 5.17. The Balaban J connectivity index is 2.95. The molecular formula is C8H5BrSe. The van der Waals surface area contributed by atoms with Gasteiger partial charge in [-0.2, -0.15) is 0 Å². The van der Waals surface area contributed by atoms with Crippen LogP contribution in [0.4, 0.5) is 0 Å². The van der Waals surface area contributed by atoms with Crippen molar-refractivity contribution in [1.82, 2.24) is 0 Å². The molecule has 0 saturated carbocycles. The van der Waals surface area contributed by atoms with E-state index in [1.807, 2.05) is 0 Å². The molecule has 0 atom stereocenters. The van der Waals surface area contributed by atoms with Crippen molar-refractivity contribution in [2.75, 3.05) is 0 Å². The van der Waals surface area contributed by atoms with Crippen LogP contribution in [-0.2, 0) is 0 Å². The van der Waals surface area contributed by atoms with E-state index in [0.717, 1.165) is 0 Å². The monoisotopic (exact) mass is 260 g/mol. The van der Waals surface area contributed by atoms with Crippen molar-refractivity contribution in [3.63, 3.8) is 0 Å². The summed E-state index contributed by atoms with van der Waals surface area (Å²) in [5, 5.41) is 1.38. The Morgan fingerprint density at radius 2 is 2.10 bits per heavy atom. The number of fused-ring (bicyclic) bond motifs is 1. The molecule has 0 nitrogen and oxygen atoms in total. The Labute approximate surface area is 73.7 Å². The summed E-state index contributed by atoms with van der Waals surface area (Å²) >= 11 is 4.09. The first-order chi connectivity index (χ1) is 4.88. The molecule has 0 amide bonds. The van der Waals surface area contributed by atoms with Crippen molar-refractivity contribution in [1.29, 1.82) is 0 Å². The summed E-state index contributed by atoms with van der Waals surface area (Å²) in [5.41, 5.74) is 0. The molecule has 2 heteroatoms. The zero-order chi connectivity index (χ0) is 6.97. The summed E-state index contributed by atoms with van der Waals surface area (Å²) in [6.45, 7) is 0. The molecule has 2 rings (SSSR count). The van der Waals surface area contributed by atoms with Gasteiger partial charge in [0.1, 0.15) is 0 Å². The van der Waals surface area contributed by atoms with Gasteiger partial charge < -0.3 is 0 Å². The Kier molecular flexibility index (Phi) is 1.69. The van der Waals surface area contributed by atoms with E-state index in [0.29, 0.717) is 14.5 Å². The van der Waals surface area contributed by atoms with Crippen LogP contribution in [0.3, 0.4) is 0 Å². The van der Waals surface area contributed by atoms with Gasteiger partial charge in [0.2, 0.25) is 0 Å². The first kappa shape index (κ1) is 6.66. The third-order valence-electron chi connectivity index (χ3n) is 1.44. The second-order valence-electron chi connectivity index (χ2n) is 2.07. The Bertz CT molecular complexity index is 351. The van der Waals surface area contributed by atoms with Gasteiger partial charge in [-0.05, 0) is 0 Å². The number of halogens is 1. The van der Waals surface area contributed by atoms with E-state index >= 15 is 0 Å². The summed E-state index contributed by atoms with van der Waals surface area (Å²) in [6.07, 6.45) is 0. The maximum atomic E-state index is 3.51. The Morgan fingerprint density at radius 1 is 1.20 bits per heavy atom. The van der Waals surface area contributed by atoms with Crippen LogP contribution < -0.4 is 0 Å². The fourth-order valence-corrected chi connectivity index (χ4v) is 3.46. The second kappa shape index (κ2) is 2.54. The standard InChI is InChI=1S/C8H5BrSe/c9-7-2-1-3-8-6(7)4-5-10-8/h1-5H. The summed E-state index contributed by atoms with van der Waals surface area (Å²) in [5.74, 6) is 0. The van der Waals surface area contributed by atoms with Crippen LogP contribution in [-0.4, -0.2) is 14.5 Å². The molecule has 0 saturated heterocycles. The van der Waals surface area contributed by atoms with E-state index in [9.17, 15) is 0 Å². The molecule has 0 fully saturated rings. The van der Waals surface area contributed by atoms with Crippen molar-refractivity contribution in [2.45, 2.75) is 0 Å². The molecule has 1 heterocycles. The molecule has 0 aliphatic heterocycles. The van der Waals surface area contributed by atoms with Gasteiger partial charge in [0.15, 0.2) is 0 Å². The van der Waals surface area contributed by atoms with Gasteiger partial charge in [0, 0.05) is 0 Å². The summed E-state index contributed by atoms with van der Waals surface area (Å²) < 4.78 is 2.71. The van der Waals surface area contributed by atoms with Crippen LogP contribution in [0.25, 0.3) is 9.65 Å². The molecule has 0 aliphatic rings. The predicted octanol–water partition coefficient (Wildman–Crippen LogP) is 2.66. The second-order valence-corrected chi connectivity index (χ2v) is 4.91. The van der Waals surface area contributed by atoms with Crippen LogP contribution in [0.15, 0.2) is 33.7 Å². The topological polar surface area (TPSA) is 0 Å². The number of hydrogen-bond acceptors (Lipinski definition) is 0. The summed E-state index contributed by atoms with van der Waals surface area (Å²) in [7, 11) is 0. The normalized spacial score (nSPS) is 10.5. The molecule has 0 bridgehead atoms. The first-order valence-corrected chi connectivity index (χ1v) is 5.63. The van der Waals surface area contributed by atoms with Gasteiger partial charge in [-0.1, -0.05) is 0 Å². The fraction of sp³-hybridized carbons (Fsp3) is 0. The van der Waals surface area contributed by atoms with Gasteiger partial charge in [0.25, 0.3) is 0 Å². The average Bonchev–Trinajstić information content (AvgIpc) is 2.36. The van der Waals surface area contributed by atoms with Crippen molar-refractivity contribution in [2.24, 2.45) is 0 Å².